The predicted molar refractivity (Wildman–Crippen MR) is 123 cm³/mol. The van der Waals surface area contributed by atoms with Gasteiger partial charge in [0, 0.05) is 5.56 Å². The van der Waals surface area contributed by atoms with E-state index in [1.165, 1.54) is 4.68 Å². The van der Waals surface area contributed by atoms with Crippen LogP contribution in [0, 0.1) is 13.8 Å². The fraction of sp³-hybridized carbons (Fsp3) is 0.167. The Morgan fingerprint density at radius 3 is 2.53 bits per heavy atom. The van der Waals surface area contributed by atoms with Crippen LogP contribution in [-0.4, -0.2) is 31.8 Å². The number of aromatic hydroxyl groups is 2. The van der Waals surface area contributed by atoms with E-state index in [1.807, 2.05) is 50.2 Å². The summed E-state index contributed by atoms with van der Waals surface area (Å²) in [5.41, 5.74) is 11.0. The van der Waals surface area contributed by atoms with Crippen LogP contribution in [0.2, 0.25) is 0 Å². The lowest BCUT2D eigenvalue weighted by molar-refractivity contribution is 0.469. The van der Waals surface area contributed by atoms with E-state index >= 15 is 0 Å². The summed E-state index contributed by atoms with van der Waals surface area (Å²) in [6.45, 7) is 4.36. The molecule has 0 unspecified atom stereocenters. The number of hydrogen-bond acceptors (Lipinski definition) is 7. The summed E-state index contributed by atoms with van der Waals surface area (Å²) in [5, 5.41) is 38.0. The molecule has 0 fully saturated rings. The van der Waals surface area contributed by atoms with Crippen molar-refractivity contribution in [1.29, 1.82) is 0 Å². The Morgan fingerprint density at radius 2 is 1.75 bits per heavy atom. The minimum absolute atomic E-state index is 0.0407. The lowest BCUT2D eigenvalue weighted by Crippen LogP contribution is -2.04. The molecule has 0 amide bonds. The topological polar surface area (TPSA) is 122 Å². The molecule has 1 aromatic heterocycles. The minimum Gasteiger partial charge on any atom is -0.506 e. The summed E-state index contributed by atoms with van der Waals surface area (Å²) in [4.78, 5) is 0. The molecule has 0 aliphatic rings. The van der Waals surface area contributed by atoms with Crippen LogP contribution in [0.3, 0.4) is 0 Å². The van der Waals surface area contributed by atoms with Crippen LogP contribution in [0.1, 0.15) is 16.7 Å². The van der Waals surface area contributed by atoms with Crippen LogP contribution >= 0.6 is 0 Å². The predicted octanol–water partition coefficient (Wildman–Crippen LogP) is 4.88. The van der Waals surface area contributed by atoms with Crippen LogP contribution in [0.4, 0.5) is 11.4 Å². The zero-order valence-electron chi connectivity index (χ0n) is 17.9. The van der Waals surface area contributed by atoms with Crippen LogP contribution in [0.5, 0.6) is 11.5 Å². The Kier molecular flexibility index (Phi) is 5.96. The first-order valence-corrected chi connectivity index (χ1v) is 10.2. The smallest absolute Gasteiger partial charge is 0.152 e. The van der Waals surface area contributed by atoms with Gasteiger partial charge in [0.25, 0.3) is 0 Å². The van der Waals surface area contributed by atoms with Crippen molar-refractivity contribution in [2.75, 3.05) is 6.54 Å². The highest BCUT2D eigenvalue weighted by Crippen LogP contribution is 2.39. The lowest BCUT2D eigenvalue weighted by atomic mass is 10.1. The standard InChI is InChI=1S/C24H24N6O2/c1-15-11-18(24(32)20(12-15)27-26-19-6-4-3-5-16(19)2)21-14-30(29-28-21)22-13-17(9-10-25)7-8-23(22)31/h3-8,11-14,31-32H,9-10,25H2,1-2H3. The molecule has 0 saturated carbocycles. The Bertz CT molecular complexity index is 1300. The van der Waals surface area contributed by atoms with Gasteiger partial charge in [-0.3, -0.25) is 0 Å². The minimum atomic E-state index is -0.0407. The molecule has 0 bridgehead atoms. The zero-order valence-corrected chi connectivity index (χ0v) is 17.9. The number of nitrogens with two attached hydrogens (primary N) is 1. The Morgan fingerprint density at radius 1 is 0.969 bits per heavy atom. The second-order valence-electron chi connectivity index (χ2n) is 7.58. The van der Waals surface area contributed by atoms with Crippen molar-refractivity contribution in [1.82, 2.24) is 15.0 Å². The quantitative estimate of drug-likeness (QED) is 0.378. The molecular weight excluding hydrogens is 404 g/mol. The molecule has 32 heavy (non-hydrogen) atoms. The van der Waals surface area contributed by atoms with Crippen molar-refractivity contribution < 1.29 is 10.2 Å². The molecule has 4 aromatic rings. The fourth-order valence-electron chi connectivity index (χ4n) is 3.39. The van der Waals surface area contributed by atoms with Crippen molar-refractivity contribution in [2.45, 2.75) is 20.3 Å². The van der Waals surface area contributed by atoms with E-state index in [1.54, 1.807) is 24.4 Å². The molecule has 4 rings (SSSR count). The molecule has 0 aliphatic heterocycles. The molecule has 0 radical (unpaired) electrons. The lowest BCUT2D eigenvalue weighted by Gasteiger charge is -2.07. The van der Waals surface area contributed by atoms with E-state index in [0.29, 0.717) is 35.6 Å². The highest BCUT2D eigenvalue weighted by Gasteiger charge is 2.16. The van der Waals surface area contributed by atoms with E-state index in [9.17, 15) is 10.2 Å². The molecule has 0 atom stereocenters. The average molecular weight is 428 g/mol. The monoisotopic (exact) mass is 428 g/mol. The summed E-state index contributed by atoms with van der Waals surface area (Å²) in [6.07, 6.45) is 2.33. The van der Waals surface area contributed by atoms with Gasteiger partial charge in [-0.05, 0) is 73.8 Å². The van der Waals surface area contributed by atoms with Crippen molar-refractivity contribution in [3.63, 3.8) is 0 Å². The second-order valence-corrected chi connectivity index (χ2v) is 7.58. The third-order valence-corrected chi connectivity index (χ3v) is 5.10. The number of benzene rings is 3. The number of rotatable bonds is 6. The molecular formula is C24H24N6O2. The molecule has 0 spiro atoms. The molecule has 1 heterocycles. The molecule has 0 saturated heterocycles. The van der Waals surface area contributed by atoms with E-state index < -0.39 is 0 Å². The van der Waals surface area contributed by atoms with Crippen molar-refractivity contribution in [3.8, 4) is 28.4 Å². The number of phenols is 2. The van der Waals surface area contributed by atoms with E-state index in [-0.39, 0.29) is 11.5 Å². The normalized spacial score (nSPS) is 11.3. The number of hydrogen-bond donors (Lipinski definition) is 3. The Labute approximate surface area is 185 Å². The van der Waals surface area contributed by atoms with E-state index in [2.05, 4.69) is 20.5 Å². The average Bonchev–Trinajstić information content (AvgIpc) is 3.26. The fourth-order valence-corrected chi connectivity index (χ4v) is 3.39. The Hall–Kier alpha value is -4.04. The largest absolute Gasteiger partial charge is 0.506 e. The number of aromatic nitrogens is 3. The van der Waals surface area contributed by atoms with Gasteiger partial charge in [-0.15, -0.1) is 10.2 Å². The van der Waals surface area contributed by atoms with Gasteiger partial charge in [-0.1, -0.05) is 29.5 Å². The van der Waals surface area contributed by atoms with Crippen molar-refractivity contribution in [2.24, 2.45) is 16.0 Å². The SMILES string of the molecule is Cc1cc(N=Nc2ccccc2C)c(O)c(-c2cn(-c3cc(CCN)ccc3O)nn2)c1. The van der Waals surface area contributed by atoms with Crippen molar-refractivity contribution >= 4 is 11.4 Å². The highest BCUT2D eigenvalue weighted by atomic mass is 16.3. The first-order valence-electron chi connectivity index (χ1n) is 10.2. The van der Waals surface area contributed by atoms with Gasteiger partial charge in [0.15, 0.2) is 5.75 Å². The third-order valence-electron chi connectivity index (χ3n) is 5.10. The maximum atomic E-state index is 10.9. The summed E-state index contributed by atoms with van der Waals surface area (Å²) in [7, 11) is 0. The molecule has 0 aliphatic carbocycles. The summed E-state index contributed by atoms with van der Waals surface area (Å²) >= 11 is 0. The van der Waals surface area contributed by atoms with Gasteiger partial charge in [0.05, 0.1) is 11.9 Å². The van der Waals surface area contributed by atoms with Crippen LogP contribution in [0.25, 0.3) is 16.9 Å². The van der Waals surface area contributed by atoms with Gasteiger partial charge in [0.2, 0.25) is 0 Å². The molecule has 8 heteroatoms. The highest BCUT2D eigenvalue weighted by molar-refractivity contribution is 5.75. The first-order chi connectivity index (χ1) is 15.5. The molecule has 162 valence electrons. The molecule has 3 aromatic carbocycles. The number of aryl methyl sites for hydroxylation is 2. The van der Waals surface area contributed by atoms with Crippen LogP contribution < -0.4 is 5.73 Å². The van der Waals surface area contributed by atoms with Gasteiger partial charge < -0.3 is 15.9 Å². The van der Waals surface area contributed by atoms with Gasteiger partial charge >= 0.3 is 0 Å². The van der Waals surface area contributed by atoms with Crippen molar-refractivity contribution in [3.05, 3.63) is 77.5 Å². The Balaban J connectivity index is 1.71. The summed E-state index contributed by atoms with van der Waals surface area (Å²) < 4.78 is 1.47. The van der Waals surface area contributed by atoms with E-state index in [4.69, 9.17) is 5.73 Å². The number of phenolic OH excluding ortho intramolecular Hbond substituents is 2. The van der Waals surface area contributed by atoms with Gasteiger partial charge in [-0.2, -0.15) is 5.11 Å². The molecule has 4 N–H and O–H groups in total. The maximum Gasteiger partial charge on any atom is 0.152 e. The molecule has 8 nitrogen and oxygen atoms in total. The van der Waals surface area contributed by atoms with E-state index in [0.717, 1.165) is 22.4 Å². The third kappa shape index (κ3) is 4.35. The first kappa shape index (κ1) is 21.2. The van der Waals surface area contributed by atoms with Crippen LogP contribution in [0.15, 0.2) is 71.0 Å². The second kappa shape index (κ2) is 8.99. The summed E-state index contributed by atoms with van der Waals surface area (Å²) in [5.74, 6) is 0.0319. The van der Waals surface area contributed by atoms with Gasteiger partial charge in [0.1, 0.15) is 22.8 Å². The zero-order chi connectivity index (χ0) is 22.7. The van der Waals surface area contributed by atoms with Crippen LogP contribution in [-0.2, 0) is 6.42 Å². The maximum absolute atomic E-state index is 10.9. The van der Waals surface area contributed by atoms with Gasteiger partial charge in [-0.25, -0.2) is 4.68 Å². The number of nitrogens with zero attached hydrogens (tertiary/aromatic N) is 5. The number of azo groups is 1. The summed E-state index contributed by atoms with van der Waals surface area (Å²) in [6, 6.07) is 16.4.